The number of hydrogen-bond acceptors (Lipinski definition) is 6. The molecule has 2 saturated heterocycles. The topological polar surface area (TPSA) is 65.7 Å². The molecule has 0 amide bonds. The molecule has 2 aromatic heterocycles. The van der Waals surface area contributed by atoms with E-state index in [0.29, 0.717) is 28.0 Å². The lowest BCUT2D eigenvalue weighted by Gasteiger charge is -2.43. The molecule has 2 aromatic rings. The first-order valence-corrected chi connectivity index (χ1v) is 9.39. The van der Waals surface area contributed by atoms with Gasteiger partial charge in [0.05, 0.1) is 16.5 Å². The zero-order valence-corrected chi connectivity index (χ0v) is 15.2. The maximum atomic E-state index is 9.96. The van der Waals surface area contributed by atoms with Crippen LogP contribution in [0.15, 0.2) is 18.5 Å². The summed E-state index contributed by atoms with van der Waals surface area (Å²) in [6.45, 7) is 0.708. The van der Waals surface area contributed by atoms with Crippen molar-refractivity contribution in [3.63, 3.8) is 0 Å². The summed E-state index contributed by atoms with van der Waals surface area (Å²) < 4.78 is 4.58. The van der Waals surface area contributed by atoms with Crippen molar-refractivity contribution in [3.05, 3.63) is 39.1 Å². The molecule has 2 aliphatic heterocycles. The lowest BCUT2D eigenvalue weighted by Crippen LogP contribution is -2.48. The summed E-state index contributed by atoms with van der Waals surface area (Å²) in [5.74, 6) is 0. The monoisotopic (exact) mass is 379 g/mol. The molecule has 0 radical (unpaired) electrons. The number of halogens is 2. The molecule has 0 aliphatic carbocycles. The van der Waals surface area contributed by atoms with Crippen LogP contribution >= 0.6 is 34.7 Å². The van der Waals surface area contributed by atoms with Crippen LogP contribution in [0.25, 0.3) is 0 Å². The molecule has 2 unspecified atom stereocenters. The van der Waals surface area contributed by atoms with Crippen molar-refractivity contribution < 1.29 is 0 Å². The number of nitriles is 1. The van der Waals surface area contributed by atoms with Crippen LogP contribution in [0.3, 0.4) is 0 Å². The van der Waals surface area contributed by atoms with Crippen LogP contribution in [0.5, 0.6) is 0 Å². The average Bonchev–Trinajstić information content (AvgIpc) is 3.08. The van der Waals surface area contributed by atoms with Gasteiger partial charge in [0.2, 0.25) is 0 Å². The van der Waals surface area contributed by atoms with Gasteiger partial charge in [0.15, 0.2) is 0 Å². The van der Waals surface area contributed by atoms with E-state index in [-0.39, 0.29) is 0 Å². The summed E-state index contributed by atoms with van der Waals surface area (Å²) in [6, 6.07) is 5.15. The van der Waals surface area contributed by atoms with Crippen molar-refractivity contribution in [1.82, 2.24) is 19.5 Å². The summed E-state index contributed by atoms with van der Waals surface area (Å²) >= 11 is 13.5. The zero-order valence-electron chi connectivity index (χ0n) is 12.8. The Balaban J connectivity index is 1.61. The Kier molecular flexibility index (Phi) is 4.21. The van der Waals surface area contributed by atoms with Gasteiger partial charge in [-0.25, -0.2) is 0 Å². The van der Waals surface area contributed by atoms with Gasteiger partial charge in [-0.1, -0.05) is 27.7 Å². The van der Waals surface area contributed by atoms with Crippen LogP contribution in [-0.4, -0.2) is 31.6 Å². The van der Waals surface area contributed by atoms with Gasteiger partial charge in [-0.2, -0.15) is 5.26 Å². The molecule has 0 saturated carbocycles. The maximum Gasteiger partial charge on any atom is 0.138 e. The molecule has 4 heterocycles. The minimum absolute atomic E-state index is 0.347. The molecular formula is C16H15Cl2N5S. The lowest BCUT2D eigenvalue weighted by atomic mass is 9.71. The molecule has 24 heavy (non-hydrogen) atoms. The van der Waals surface area contributed by atoms with Gasteiger partial charge in [-0.15, -0.1) is 5.10 Å². The second-order valence-electron chi connectivity index (χ2n) is 6.54. The van der Waals surface area contributed by atoms with Gasteiger partial charge >= 0.3 is 0 Å². The number of aromatic nitrogens is 3. The smallest absolute Gasteiger partial charge is 0.138 e. The molecule has 0 N–H and O–H groups in total. The van der Waals surface area contributed by atoms with E-state index in [9.17, 15) is 5.26 Å². The number of hydrogen-bond donors (Lipinski definition) is 0. The third-order valence-electron chi connectivity index (χ3n) is 5.25. The molecule has 5 nitrogen and oxygen atoms in total. The average molecular weight is 380 g/mol. The second-order valence-corrected chi connectivity index (χ2v) is 8.34. The first kappa shape index (κ1) is 16.2. The van der Waals surface area contributed by atoms with Crippen molar-refractivity contribution in [1.29, 1.82) is 5.26 Å². The van der Waals surface area contributed by atoms with Gasteiger partial charge in [-0.05, 0) is 37.3 Å². The highest BCUT2D eigenvalue weighted by atomic mass is 35.5. The van der Waals surface area contributed by atoms with Crippen LogP contribution in [0, 0.1) is 11.3 Å². The van der Waals surface area contributed by atoms with Crippen LogP contribution < -0.4 is 0 Å². The van der Waals surface area contributed by atoms with Crippen molar-refractivity contribution in [2.24, 2.45) is 0 Å². The highest BCUT2D eigenvalue weighted by Crippen LogP contribution is 2.47. The van der Waals surface area contributed by atoms with Crippen LogP contribution in [0.4, 0.5) is 0 Å². The molecule has 0 spiro atoms. The summed E-state index contributed by atoms with van der Waals surface area (Å²) in [6.07, 6.45) is 7.16. The molecule has 8 heteroatoms. The fourth-order valence-corrected chi connectivity index (χ4v) is 4.91. The first-order chi connectivity index (χ1) is 11.6. The Hall–Kier alpha value is -1.26. The van der Waals surface area contributed by atoms with E-state index in [1.165, 1.54) is 11.5 Å². The largest absolute Gasteiger partial charge is 0.291 e. The van der Waals surface area contributed by atoms with E-state index in [2.05, 4.69) is 25.5 Å². The summed E-state index contributed by atoms with van der Waals surface area (Å²) in [4.78, 5) is 6.62. The third-order valence-corrected chi connectivity index (χ3v) is 6.44. The number of piperidine rings is 1. The predicted octanol–water partition coefficient (Wildman–Crippen LogP) is 3.83. The minimum Gasteiger partial charge on any atom is -0.291 e. The van der Waals surface area contributed by atoms with Gasteiger partial charge in [0, 0.05) is 42.6 Å². The fraction of sp³-hybridized carbons (Fsp3) is 0.500. The summed E-state index contributed by atoms with van der Waals surface area (Å²) in [5.41, 5.74) is 1.26. The van der Waals surface area contributed by atoms with E-state index in [1.54, 1.807) is 12.4 Å². The fourth-order valence-electron chi connectivity index (χ4n) is 4.13. The molecule has 124 valence electrons. The molecule has 2 fully saturated rings. The molecule has 2 bridgehead atoms. The van der Waals surface area contributed by atoms with Gasteiger partial charge in [0.25, 0.3) is 0 Å². The van der Waals surface area contributed by atoms with Crippen LogP contribution in [0.2, 0.25) is 9.36 Å². The van der Waals surface area contributed by atoms with E-state index in [1.807, 2.05) is 6.07 Å². The molecule has 2 aliphatic rings. The molecule has 2 atom stereocenters. The van der Waals surface area contributed by atoms with E-state index < -0.39 is 5.41 Å². The number of fused-ring (bicyclic) bond motifs is 2. The summed E-state index contributed by atoms with van der Waals surface area (Å²) in [7, 11) is 0. The molecule has 4 rings (SSSR count). The normalized spacial score (nSPS) is 29.5. The highest BCUT2D eigenvalue weighted by molar-refractivity contribution is 7.10. The van der Waals surface area contributed by atoms with Crippen molar-refractivity contribution >= 4 is 34.7 Å². The Labute approximate surface area is 154 Å². The van der Waals surface area contributed by atoms with E-state index in [4.69, 9.17) is 23.2 Å². The van der Waals surface area contributed by atoms with Crippen molar-refractivity contribution in [3.8, 4) is 6.07 Å². The second kappa shape index (κ2) is 6.23. The SMILES string of the molecule is N#CC1(c2cncc(Cl)c2)CC2CCC(C1)N2Cc1nnsc1Cl. The third kappa shape index (κ3) is 2.70. The zero-order chi connectivity index (χ0) is 16.7. The standard InChI is InChI=1S/C16H15Cl2N5S/c17-11-3-10(6-20-7-11)16(9-19)4-12-1-2-13(5-16)23(12)8-14-15(18)24-22-21-14/h3,6-7,12-13H,1-2,4-5,8H2. The predicted molar refractivity (Wildman–Crippen MR) is 93.0 cm³/mol. The molecular weight excluding hydrogens is 365 g/mol. The number of rotatable bonds is 3. The number of nitrogens with zero attached hydrogens (tertiary/aromatic N) is 5. The highest BCUT2D eigenvalue weighted by Gasteiger charge is 2.49. The van der Waals surface area contributed by atoms with Crippen molar-refractivity contribution in [2.45, 2.75) is 49.7 Å². The summed E-state index contributed by atoms with van der Waals surface area (Å²) in [5, 5.41) is 14.7. The van der Waals surface area contributed by atoms with Gasteiger partial charge in [0.1, 0.15) is 10.0 Å². The Morgan fingerprint density at radius 2 is 2.04 bits per heavy atom. The Morgan fingerprint density at radius 3 is 2.62 bits per heavy atom. The van der Waals surface area contributed by atoms with Crippen LogP contribution in [-0.2, 0) is 12.0 Å². The lowest BCUT2D eigenvalue weighted by molar-refractivity contribution is 0.0960. The maximum absolute atomic E-state index is 9.96. The van der Waals surface area contributed by atoms with Crippen molar-refractivity contribution in [2.75, 3.05) is 0 Å². The molecule has 0 aromatic carbocycles. The Morgan fingerprint density at radius 1 is 1.29 bits per heavy atom. The first-order valence-electron chi connectivity index (χ1n) is 7.86. The van der Waals surface area contributed by atoms with Gasteiger partial charge < -0.3 is 0 Å². The van der Waals surface area contributed by atoms with E-state index >= 15 is 0 Å². The van der Waals surface area contributed by atoms with E-state index in [0.717, 1.165) is 36.9 Å². The Bertz CT molecular complexity index is 788. The van der Waals surface area contributed by atoms with Gasteiger partial charge in [-0.3, -0.25) is 9.88 Å². The van der Waals surface area contributed by atoms with Crippen LogP contribution in [0.1, 0.15) is 36.9 Å². The minimum atomic E-state index is -0.510. The number of pyridine rings is 1. The quantitative estimate of drug-likeness (QED) is 0.810.